The second kappa shape index (κ2) is 10.9. The molecule has 0 spiro atoms. The van der Waals surface area contributed by atoms with Crippen LogP contribution in [-0.2, 0) is 0 Å². The predicted octanol–water partition coefficient (Wildman–Crippen LogP) is 14.4. The van der Waals surface area contributed by atoms with E-state index in [0.29, 0.717) is 22.3 Å². The van der Waals surface area contributed by atoms with E-state index in [9.17, 15) is 5.48 Å². The molecule has 1 aromatic heterocycles. The van der Waals surface area contributed by atoms with E-state index < -0.39 is 24.2 Å². The van der Waals surface area contributed by atoms with E-state index in [-0.39, 0.29) is 45.7 Å². The molecule has 0 saturated heterocycles. The van der Waals surface area contributed by atoms with Crippen molar-refractivity contribution in [1.29, 1.82) is 0 Å². The molecule has 0 unspecified atom stereocenters. The van der Waals surface area contributed by atoms with Crippen molar-refractivity contribution >= 4 is 75.8 Å². The zero-order valence-corrected chi connectivity index (χ0v) is 27.1. The highest BCUT2D eigenvalue weighted by Gasteiger charge is 2.19. The lowest BCUT2D eigenvalue weighted by Crippen LogP contribution is -1.92. The molecular weight excluding hydrogens is 617 g/mol. The minimum atomic E-state index is -0.430. The fourth-order valence-electron chi connectivity index (χ4n) is 7.98. The number of fused-ring (bicyclic) bond motifs is 9. The third-order valence-corrected chi connectivity index (χ3v) is 10.3. The lowest BCUT2D eigenvalue weighted by atomic mass is 9.84. The van der Waals surface area contributed by atoms with Crippen LogP contribution in [0.1, 0.15) is 11.0 Å². The molecule has 0 N–H and O–H groups in total. The number of hydrogen-bond acceptors (Lipinski definition) is 1. The molecule has 11 aromatic rings. The van der Waals surface area contributed by atoms with E-state index in [1.54, 1.807) is 0 Å². The SMILES string of the molecule is [2H]c1c([2H])c([2H])c2c(-c3cccc4ccc(-c5cccc6oc7c8ccccc8ccc7c56)cc34)c3c([2H])c([2H])c([2H])c([2H])c3c(-c3ccc4ccccc4c3)c2c1[2H]. The molecule has 1 nitrogen and oxygen atoms in total. The molecule has 0 radical (unpaired) electrons. The Morgan fingerprint density at radius 2 is 0.961 bits per heavy atom. The first-order valence-corrected chi connectivity index (χ1v) is 16.9. The van der Waals surface area contributed by atoms with Crippen LogP contribution in [0, 0.1) is 0 Å². The van der Waals surface area contributed by atoms with Crippen molar-refractivity contribution in [2.24, 2.45) is 0 Å². The van der Waals surface area contributed by atoms with Gasteiger partial charge in [-0.2, -0.15) is 0 Å². The molecule has 0 fully saturated rings. The summed E-state index contributed by atoms with van der Waals surface area (Å²) in [6.45, 7) is 0. The Bertz CT molecular complexity index is 3580. The Morgan fingerprint density at radius 3 is 1.76 bits per heavy atom. The van der Waals surface area contributed by atoms with Crippen LogP contribution in [0.4, 0.5) is 0 Å². The van der Waals surface area contributed by atoms with Gasteiger partial charge in [-0.05, 0) is 106 Å². The zero-order chi connectivity index (χ0) is 40.4. The van der Waals surface area contributed by atoms with Gasteiger partial charge in [-0.25, -0.2) is 0 Å². The minimum Gasteiger partial charge on any atom is -0.455 e. The van der Waals surface area contributed by atoms with Gasteiger partial charge in [0.2, 0.25) is 0 Å². The van der Waals surface area contributed by atoms with E-state index in [4.69, 9.17) is 9.90 Å². The summed E-state index contributed by atoms with van der Waals surface area (Å²) in [7, 11) is 0. The summed E-state index contributed by atoms with van der Waals surface area (Å²) in [6.07, 6.45) is 0. The quantitative estimate of drug-likeness (QED) is 0.173. The Labute approximate surface area is 305 Å². The Morgan fingerprint density at radius 1 is 0.373 bits per heavy atom. The smallest absolute Gasteiger partial charge is 0.143 e. The van der Waals surface area contributed by atoms with Crippen LogP contribution in [0.15, 0.2) is 186 Å². The summed E-state index contributed by atoms with van der Waals surface area (Å²) >= 11 is 0. The van der Waals surface area contributed by atoms with Gasteiger partial charge in [0.05, 0.1) is 11.0 Å². The van der Waals surface area contributed by atoms with Crippen LogP contribution >= 0.6 is 0 Å². The van der Waals surface area contributed by atoms with Crippen molar-refractivity contribution in [3.05, 3.63) is 182 Å². The van der Waals surface area contributed by atoms with Gasteiger partial charge in [0.15, 0.2) is 0 Å². The Kier molecular flexibility index (Phi) is 4.57. The van der Waals surface area contributed by atoms with Gasteiger partial charge in [0, 0.05) is 16.2 Å². The molecule has 236 valence electrons. The summed E-state index contributed by atoms with van der Waals surface area (Å²) in [5.41, 5.74) is 5.18. The van der Waals surface area contributed by atoms with E-state index in [1.165, 1.54) is 0 Å². The minimum absolute atomic E-state index is 0.185. The first-order chi connectivity index (χ1) is 28.6. The molecule has 10 aromatic carbocycles. The Hall–Kier alpha value is -6.70. The van der Waals surface area contributed by atoms with Crippen LogP contribution < -0.4 is 0 Å². The van der Waals surface area contributed by atoms with Crippen molar-refractivity contribution in [1.82, 2.24) is 0 Å². The highest BCUT2D eigenvalue weighted by Crippen LogP contribution is 2.47. The van der Waals surface area contributed by atoms with Gasteiger partial charge in [0.1, 0.15) is 11.2 Å². The van der Waals surface area contributed by atoms with E-state index in [1.807, 2.05) is 91.0 Å². The van der Waals surface area contributed by atoms with E-state index in [0.717, 1.165) is 65.4 Å². The average Bonchev–Trinajstić information content (AvgIpc) is 3.67. The fraction of sp³-hybridized carbons (Fsp3) is 0. The van der Waals surface area contributed by atoms with Gasteiger partial charge in [-0.1, -0.05) is 158 Å². The van der Waals surface area contributed by atoms with Gasteiger partial charge in [-0.15, -0.1) is 0 Å². The van der Waals surface area contributed by atoms with Crippen LogP contribution in [0.2, 0.25) is 0 Å². The Balaban J connectivity index is 1.29. The van der Waals surface area contributed by atoms with Crippen LogP contribution in [0.25, 0.3) is 109 Å². The second-order valence-corrected chi connectivity index (χ2v) is 13.0. The highest BCUT2D eigenvalue weighted by molar-refractivity contribution is 6.24. The summed E-state index contributed by atoms with van der Waals surface area (Å²) in [5.74, 6) is 0. The molecule has 51 heavy (non-hydrogen) atoms. The molecule has 0 saturated carbocycles. The maximum atomic E-state index is 9.50. The van der Waals surface area contributed by atoms with Gasteiger partial charge < -0.3 is 4.42 Å². The summed E-state index contributed by atoms with van der Waals surface area (Å²) in [6, 6.07) is 40.8. The lowest BCUT2D eigenvalue weighted by Gasteiger charge is -2.19. The number of furan rings is 1. The monoisotopic (exact) mass is 654 g/mol. The summed E-state index contributed by atoms with van der Waals surface area (Å²) < 4.78 is 80.0. The molecular formula is C50H30O. The van der Waals surface area contributed by atoms with Crippen LogP contribution in [0.3, 0.4) is 0 Å². The molecule has 1 heteroatoms. The maximum Gasteiger partial charge on any atom is 0.143 e. The van der Waals surface area contributed by atoms with E-state index in [2.05, 4.69) is 42.5 Å². The molecule has 0 amide bonds. The molecule has 1 heterocycles. The normalized spacial score (nSPS) is 14.1. The molecule has 11 rings (SSSR count). The maximum absolute atomic E-state index is 9.50. The standard InChI is InChI=1S/C50H30O/c1-2-13-34-29-36(26-23-31(34)11-1)47-39-16-5-7-18-41(39)48(42-19-8-6-17-40(42)47)43-21-9-14-33-24-25-35(30-45(33)43)37-20-10-22-46-49(37)44-28-27-32-12-3-4-15-38(32)50(44)51-46/h1-30H/i5D,6D,7D,8D,16D,17D,18D,19D. The lowest BCUT2D eigenvalue weighted by molar-refractivity contribution is 0.673. The van der Waals surface area contributed by atoms with E-state index >= 15 is 0 Å². The number of benzene rings is 10. The van der Waals surface area contributed by atoms with Crippen molar-refractivity contribution in [2.75, 3.05) is 0 Å². The number of rotatable bonds is 3. The molecule has 0 aliphatic heterocycles. The highest BCUT2D eigenvalue weighted by atomic mass is 16.3. The van der Waals surface area contributed by atoms with Crippen molar-refractivity contribution in [3.8, 4) is 33.4 Å². The third-order valence-electron chi connectivity index (χ3n) is 10.3. The first kappa shape index (κ1) is 21.4. The largest absolute Gasteiger partial charge is 0.455 e. The number of hydrogen-bond donors (Lipinski definition) is 0. The fourth-order valence-corrected chi connectivity index (χ4v) is 7.98. The average molecular weight is 655 g/mol. The summed E-state index contributed by atoms with van der Waals surface area (Å²) in [4.78, 5) is 0. The molecule has 0 bridgehead atoms. The van der Waals surface area contributed by atoms with Crippen molar-refractivity contribution in [3.63, 3.8) is 0 Å². The third kappa shape index (κ3) is 4.22. The topological polar surface area (TPSA) is 13.1 Å². The van der Waals surface area contributed by atoms with Gasteiger partial charge >= 0.3 is 0 Å². The zero-order valence-electron chi connectivity index (χ0n) is 35.1. The molecule has 0 atom stereocenters. The predicted molar refractivity (Wildman–Crippen MR) is 218 cm³/mol. The summed E-state index contributed by atoms with van der Waals surface area (Å²) in [5, 5.41) is 8.24. The van der Waals surface area contributed by atoms with Crippen molar-refractivity contribution in [2.45, 2.75) is 0 Å². The first-order valence-electron chi connectivity index (χ1n) is 20.9. The molecule has 0 aliphatic rings. The molecule has 0 aliphatic carbocycles. The van der Waals surface area contributed by atoms with Gasteiger partial charge in [0.25, 0.3) is 0 Å². The second-order valence-electron chi connectivity index (χ2n) is 13.0. The van der Waals surface area contributed by atoms with Gasteiger partial charge in [-0.3, -0.25) is 0 Å². The van der Waals surface area contributed by atoms with Crippen LogP contribution in [-0.4, -0.2) is 0 Å². The van der Waals surface area contributed by atoms with Crippen LogP contribution in [0.5, 0.6) is 0 Å². The van der Waals surface area contributed by atoms with Crippen molar-refractivity contribution < 1.29 is 15.4 Å².